The SMILES string of the molecule is Cc1nc(Cc2ccc(F)cc2)nc(NN)c1F. The summed E-state index contributed by atoms with van der Waals surface area (Å²) >= 11 is 0. The lowest BCUT2D eigenvalue weighted by molar-refractivity contribution is 0.601. The van der Waals surface area contributed by atoms with Crippen LogP contribution in [0.25, 0.3) is 0 Å². The zero-order valence-corrected chi connectivity index (χ0v) is 9.74. The van der Waals surface area contributed by atoms with Crippen molar-refractivity contribution in [1.82, 2.24) is 9.97 Å². The molecule has 0 aliphatic rings. The van der Waals surface area contributed by atoms with E-state index >= 15 is 0 Å². The van der Waals surface area contributed by atoms with E-state index in [-0.39, 0.29) is 17.3 Å². The molecule has 0 atom stereocenters. The number of rotatable bonds is 3. The second-order valence-electron chi connectivity index (χ2n) is 3.84. The molecule has 0 bridgehead atoms. The van der Waals surface area contributed by atoms with Crippen LogP contribution >= 0.6 is 0 Å². The monoisotopic (exact) mass is 250 g/mol. The lowest BCUT2D eigenvalue weighted by Gasteiger charge is -2.07. The van der Waals surface area contributed by atoms with E-state index in [0.717, 1.165) is 5.56 Å². The lowest BCUT2D eigenvalue weighted by Crippen LogP contribution is -2.14. The summed E-state index contributed by atoms with van der Waals surface area (Å²) in [7, 11) is 0. The molecule has 0 saturated heterocycles. The molecule has 4 nitrogen and oxygen atoms in total. The van der Waals surface area contributed by atoms with Crippen molar-refractivity contribution in [3.8, 4) is 0 Å². The van der Waals surface area contributed by atoms with Crippen LogP contribution in [0.1, 0.15) is 17.1 Å². The molecule has 18 heavy (non-hydrogen) atoms. The van der Waals surface area contributed by atoms with E-state index in [2.05, 4.69) is 15.4 Å². The van der Waals surface area contributed by atoms with Gasteiger partial charge in [0.2, 0.25) is 0 Å². The summed E-state index contributed by atoms with van der Waals surface area (Å²) in [5.74, 6) is 4.68. The minimum atomic E-state index is -0.569. The van der Waals surface area contributed by atoms with Gasteiger partial charge >= 0.3 is 0 Å². The number of halogens is 2. The third-order valence-corrected chi connectivity index (χ3v) is 2.48. The fourth-order valence-corrected chi connectivity index (χ4v) is 1.58. The molecule has 0 aliphatic heterocycles. The molecule has 0 amide bonds. The van der Waals surface area contributed by atoms with Gasteiger partial charge in [0.1, 0.15) is 11.6 Å². The quantitative estimate of drug-likeness (QED) is 0.645. The highest BCUT2D eigenvalue weighted by Crippen LogP contribution is 2.15. The van der Waals surface area contributed by atoms with Crippen LogP contribution in [0.4, 0.5) is 14.6 Å². The molecule has 0 unspecified atom stereocenters. The number of hydrogen-bond acceptors (Lipinski definition) is 4. The summed E-state index contributed by atoms with van der Waals surface area (Å²) < 4.78 is 26.2. The molecule has 1 aromatic carbocycles. The molecule has 0 saturated carbocycles. The van der Waals surface area contributed by atoms with Crippen molar-refractivity contribution < 1.29 is 8.78 Å². The maximum absolute atomic E-state index is 13.5. The highest BCUT2D eigenvalue weighted by Gasteiger charge is 2.10. The Labute approximate surface area is 103 Å². The van der Waals surface area contributed by atoms with Crippen LogP contribution in [0.15, 0.2) is 24.3 Å². The number of nitrogens with two attached hydrogens (primary N) is 1. The van der Waals surface area contributed by atoms with Crippen molar-refractivity contribution in [2.24, 2.45) is 5.84 Å². The van der Waals surface area contributed by atoms with E-state index in [9.17, 15) is 8.78 Å². The predicted molar refractivity (Wildman–Crippen MR) is 63.7 cm³/mol. The molecule has 2 aromatic rings. The summed E-state index contributed by atoms with van der Waals surface area (Å²) in [5, 5.41) is 0. The fourth-order valence-electron chi connectivity index (χ4n) is 1.58. The van der Waals surface area contributed by atoms with Crippen LogP contribution in [0.2, 0.25) is 0 Å². The van der Waals surface area contributed by atoms with Crippen LogP contribution in [0.5, 0.6) is 0 Å². The maximum Gasteiger partial charge on any atom is 0.187 e. The number of aryl methyl sites for hydroxylation is 1. The smallest absolute Gasteiger partial charge is 0.187 e. The average molecular weight is 250 g/mol. The van der Waals surface area contributed by atoms with Gasteiger partial charge in [-0.05, 0) is 24.6 Å². The first kappa shape index (κ1) is 12.4. The Morgan fingerprint density at radius 2 is 1.83 bits per heavy atom. The van der Waals surface area contributed by atoms with E-state index in [1.807, 2.05) is 0 Å². The van der Waals surface area contributed by atoms with Gasteiger partial charge in [-0.2, -0.15) is 0 Å². The van der Waals surface area contributed by atoms with Crippen molar-refractivity contribution >= 4 is 5.82 Å². The number of benzene rings is 1. The van der Waals surface area contributed by atoms with E-state index in [4.69, 9.17) is 5.84 Å². The van der Waals surface area contributed by atoms with E-state index in [0.29, 0.717) is 12.2 Å². The molecule has 0 fully saturated rings. The van der Waals surface area contributed by atoms with Crippen molar-refractivity contribution in [2.45, 2.75) is 13.3 Å². The van der Waals surface area contributed by atoms with Gasteiger partial charge < -0.3 is 5.43 Å². The number of nitrogens with zero attached hydrogens (tertiary/aromatic N) is 2. The normalized spacial score (nSPS) is 10.4. The standard InChI is InChI=1S/C12H12F2N4/c1-7-11(14)12(18-15)17-10(16-7)6-8-2-4-9(13)5-3-8/h2-5H,6,15H2,1H3,(H,16,17,18). The molecule has 3 N–H and O–H groups in total. The van der Waals surface area contributed by atoms with Gasteiger partial charge in [-0.25, -0.2) is 24.6 Å². The highest BCUT2D eigenvalue weighted by atomic mass is 19.1. The number of nitrogens with one attached hydrogen (secondary N) is 1. The first-order valence-electron chi connectivity index (χ1n) is 5.34. The molecule has 1 heterocycles. The zero-order valence-electron chi connectivity index (χ0n) is 9.74. The van der Waals surface area contributed by atoms with Gasteiger partial charge in [0.25, 0.3) is 0 Å². The van der Waals surface area contributed by atoms with Crippen LogP contribution in [0, 0.1) is 18.6 Å². The Hall–Kier alpha value is -2.08. The zero-order chi connectivity index (χ0) is 13.1. The highest BCUT2D eigenvalue weighted by molar-refractivity contribution is 5.37. The minimum absolute atomic E-state index is 0.0420. The van der Waals surface area contributed by atoms with E-state index in [1.165, 1.54) is 19.1 Å². The molecule has 6 heteroatoms. The Balaban J connectivity index is 2.29. The summed E-state index contributed by atoms with van der Waals surface area (Å²) in [6, 6.07) is 5.97. The molecule has 0 spiro atoms. The Morgan fingerprint density at radius 3 is 2.44 bits per heavy atom. The topological polar surface area (TPSA) is 63.8 Å². The van der Waals surface area contributed by atoms with Crippen molar-refractivity contribution in [1.29, 1.82) is 0 Å². The Kier molecular flexibility index (Phi) is 3.47. The van der Waals surface area contributed by atoms with Crippen LogP contribution in [-0.2, 0) is 6.42 Å². The third-order valence-electron chi connectivity index (χ3n) is 2.48. The minimum Gasteiger partial charge on any atom is -0.306 e. The Bertz CT molecular complexity index is 555. The summed E-state index contributed by atoms with van der Waals surface area (Å²) in [4.78, 5) is 7.98. The van der Waals surface area contributed by atoms with Gasteiger partial charge in [-0.3, -0.25) is 0 Å². The molecule has 94 valence electrons. The van der Waals surface area contributed by atoms with Crippen LogP contribution < -0.4 is 11.3 Å². The molecule has 0 radical (unpaired) electrons. The van der Waals surface area contributed by atoms with Gasteiger partial charge in [0.05, 0.1) is 5.69 Å². The number of nitrogen functional groups attached to an aromatic ring is 1. The van der Waals surface area contributed by atoms with Crippen LogP contribution in [0.3, 0.4) is 0 Å². The molecule has 2 rings (SSSR count). The summed E-state index contributed by atoms with van der Waals surface area (Å²) in [6.07, 6.45) is 0.385. The van der Waals surface area contributed by atoms with Gasteiger partial charge in [0.15, 0.2) is 11.6 Å². The van der Waals surface area contributed by atoms with Crippen molar-refractivity contribution in [2.75, 3.05) is 5.43 Å². The summed E-state index contributed by atoms with van der Waals surface area (Å²) in [5.41, 5.74) is 3.24. The largest absolute Gasteiger partial charge is 0.306 e. The van der Waals surface area contributed by atoms with Gasteiger partial charge in [0, 0.05) is 6.42 Å². The van der Waals surface area contributed by atoms with Crippen LogP contribution in [-0.4, -0.2) is 9.97 Å². The maximum atomic E-state index is 13.5. The Morgan fingerprint density at radius 1 is 1.17 bits per heavy atom. The lowest BCUT2D eigenvalue weighted by atomic mass is 10.1. The van der Waals surface area contributed by atoms with Crippen molar-refractivity contribution in [3.63, 3.8) is 0 Å². The third kappa shape index (κ3) is 2.60. The second-order valence-corrected chi connectivity index (χ2v) is 3.84. The molecule has 0 aliphatic carbocycles. The van der Waals surface area contributed by atoms with Gasteiger partial charge in [-0.1, -0.05) is 12.1 Å². The van der Waals surface area contributed by atoms with E-state index < -0.39 is 5.82 Å². The first-order chi connectivity index (χ1) is 8.60. The molecular weight excluding hydrogens is 238 g/mol. The second kappa shape index (κ2) is 5.05. The van der Waals surface area contributed by atoms with E-state index in [1.54, 1.807) is 12.1 Å². The number of hydrazine groups is 1. The summed E-state index contributed by atoms with van der Waals surface area (Å²) in [6.45, 7) is 1.53. The number of aromatic nitrogens is 2. The fraction of sp³-hybridized carbons (Fsp3) is 0.167. The first-order valence-corrected chi connectivity index (χ1v) is 5.34. The molecule has 1 aromatic heterocycles. The van der Waals surface area contributed by atoms with Gasteiger partial charge in [-0.15, -0.1) is 0 Å². The number of anilines is 1. The van der Waals surface area contributed by atoms with Crippen molar-refractivity contribution in [3.05, 3.63) is 53.0 Å². The molecular formula is C12H12F2N4. The average Bonchev–Trinajstić information content (AvgIpc) is 2.36. The predicted octanol–water partition coefficient (Wildman–Crippen LogP) is 1.94. The number of hydrogen-bond donors (Lipinski definition) is 2.